The van der Waals surface area contributed by atoms with Gasteiger partial charge in [-0.3, -0.25) is 10.2 Å². The summed E-state index contributed by atoms with van der Waals surface area (Å²) in [7, 11) is -0.974. The maximum atomic E-state index is 12.5. The lowest BCUT2D eigenvalue weighted by Crippen LogP contribution is -2.47. The van der Waals surface area contributed by atoms with Gasteiger partial charge >= 0.3 is 11.9 Å². The van der Waals surface area contributed by atoms with Gasteiger partial charge in [0.2, 0.25) is 10.0 Å². The van der Waals surface area contributed by atoms with Crippen molar-refractivity contribution in [1.82, 2.24) is 15.2 Å². The van der Waals surface area contributed by atoms with E-state index in [1.54, 1.807) is 26.8 Å². The zero-order valence-electron chi connectivity index (χ0n) is 13.8. The van der Waals surface area contributed by atoms with Crippen LogP contribution in [0.15, 0.2) is 22.3 Å². The van der Waals surface area contributed by atoms with Crippen molar-refractivity contribution in [2.75, 3.05) is 20.8 Å². The van der Waals surface area contributed by atoms with Crippen LogP contribution in [-0.4, -0.2) is 50.5 Å². The van der Waals surface area contributed by atoms with E-state index in [0.717, 1.165) is 4.31 Å². The van der Waals surface area contributed by atoms with Gasteiger partial charge in [-0.1, -0.05) is 6.92 Å². The van der Waals surface area contributed by atoms with Gasteiger partial charge in [0.05, 0.1) is 24.4 Å². The third kappa shape index (κ3) is 6.38. The summed E-state index contributed by atoms with van der Waals surface area (Å²) in [5.41, 5.74) is 4.65. The number of methoxy groups -OCH3 is 1. The molecule has 0 aromatic rings. The van der Waals surface area contributed by atoms with Crippen LogP contribution in [-0.2, 0) is 24.3 Å². The number of carbonyl (C=O) groups is 2. The summed E-state index contributed by atoms with van der Waals surface area (Å²) < 4.78 is 31.0. The molecule has 0 bridgehead atoms. The van der Waals surface area contributed by atoms with E-state index in [0.29, 0.717) is 11.3 Å². The quantitative estimate of drug-likeness (QED) is 0.187. The minimum Gasteiger partial charge on any atom is -0.501 e. The SMILES string of the molecule is CC/C(=C(C)\C=C(/C)OC)S(=O)(=O)N(C)CNNC(=O)C(=O)O. The van der Waals surface area contributed by atoms with Crippen molar-refractivity contribution in [3.8, 4) is 0 Å². The van der Waals surface area contributed by atoms with Crippen molar-refractivity contribution in [3.63, 3.8) is 0 Å². The van der Waals surface area contributed by atoms with E-state index < -0.39 is 21.9 Å². The first kappa shape index (κ1) is 21.1. The van der Waals surface area contributed by atoms with Crippen LogP contribution in [0.5, 0.6) is 0 Å². The highest BCUT2D eigenvalue weighted by Crippen LogP contribution is 2.20. The van der Waals surface area contributed by atoms with Crippen LogP contribution < -0.4 is 10.9 Å². The smallest absolute Gasteiger partial charge is 0.395 e. The minimum atomic E-state index is -3.77. The van der Waals surface area contributed by atoms with E-state index in [4.69, 9.17) is 9.84 Å². The van der Waals surface area contributed by atoms with Crippen LogP contribution in [0, 0.1) is 0 Å². The number of rotatable bonds is 8. The molecule has 3 N–H and O–H groups in total. The zero-order valence-corrected chi connectivity index (χ0v) is 14.7. The topological polar surface area (TPSA) is 125 Å². The molecule has 0 saturated heterocycles. The van der Waals surface area contributed by atoms with E-state index in [1.165, 1.54) is 14.2 Å². The molecule has 0 aliphatic carbocycles. The second-order valence-electron chi connectivity index (χ2n) is 4.62. The van der Waals surface area contributed by atoms with Gasteiger partial charge in [-0.2, -0.15) is 4.31 Å². The van der Waals surface area contributed by atoms with Crippen LogP contribution in [0.2, 0.25) is 0 Å². The van der Waals surface area contributed by atoms with E-state index >= 15 is 0 Å². The maximum absolute atomic E-state index is 12.5. The van der Waals surface area contributed by atoms with Crippen LogP contribution in [0.1, 0.15) is 27.2 Å². The summed E-state index contributed by atoms with van der Waals surface area (Å²) in [6, 6.07) is 0. The van der Waals surface area contributed by atoms with Gasteiger partial charge in [0.1, 0.15) is 0 Å². The molecule has 0 radical (unpaired) electrons. The number of allylic oxidation sites excluding steroid dienone is 4. The van der Waals surface area contributed by atoms with Crippen molar-refractivity contribution in [2.24, 2.45) is 0 Å². The summed E-state index contributed by atoms with van der Waals surface area (Å²) in [6.07, 6.45) is 1.89. The second kappa shape index (κ2) is 9.28. The Morgan fingerprint density at radius 1 is 1.30 bits per heavy atom. The molecule has 9 nitrogen and oxygen atoms in total. The molecular formula is C13H23N3O6S. The number of hydrazine groups is 1. The molecule has 132 valence electrons. The fourth-order valence-corrected chi connectivity index (χ4v) is 3.11. The molecular weight excluding hydrogens is 326 g/mol. The largest absolute Gasteiger partial charge is 0.501 e. The minimum absolute atomic E-state index is 0.197. The van der Waals surface area contributed by atoms with Crippen LogP contribution in [0.4, 0.5) is 0 Å². The fourth-order valence-electron chi connectivity index (χ4n) is 1.67. The van der Waals surface area contributed by atoms with Gasteiger partial charge in [0, 0.05) is 7.05 Å². The lowest BCUT2D eigenvalue weighted by atomic mass is 10.2. The van der Waals surface area contributed by atoms with Gasteiger partial charge in [-0.05, 0) is 31.9 Å². The predicted octanol–water partition coefficient (Wildman–Crippen LogP) is 0.145. The van der Waals surface area contributed by atoms with Gasteiger partial charge in [-0.25, -0.2) is 18.6 Å². The summed E-state index contributed by atoms with van der Waals surface area (Å²) in [5, 5.41) is 8.40. The molecule has 0 aliphatic heterocycles. The Balaban J connectivity index is 5.16. The number of hydrogen-bond acceptors (Lipinski definition) is 6. The van der Waals surface area contributed by atoms with E-state index in [2.05, 4.69) is 5.43 Å². The highest BCUT2D eigenvalue weighted by atomic mass is 32.2. The van der Waals surface area contributed by atoms with Gasteiger partial charge in [0.25, 0.3) is 0 Å². The van der Waals surface area contributed by atoms with Crippen molar-refractivity contribution >= 4 is 21.9 Å². The summed E-state index contributed by atoms with van der Waals surface area (Å²) in [5.74, 6) is -2.39. The number of hydrogen-bond donors (Lipinski definition) is 3. The molecule has 0 saturated carbocycles. The molecule has 0 heterocycles. The van der Waals surface area contributed by atoms with Gasteiger partial charge < -0.3 is 9.84 Å². The third-order valence-corrected chi connectivity index (χ3v) is 5.11. The Hall–Kier alpha value is -1.91. The van der Waals surface area contributed by atoms with E-state index in [9.17, 15) is 18.0 Å². The number of amides is 1. The Morgan fingerprint density at radius 3 is 2.30 bits per heavy atom. The predicted molar refractivity (Wildman–Crippen MR) is 84.2 cm³/mol. The number of ether oxygens (including phenoxy) is 1. The standard InChI is InChI=1S/C13H23N3O6S/c1-6-11(9(2)7-10(3)22-5)23(20,21)16(4)8-14-15-12(17)13(18)19/h7,14H,6,8H2,1-5H3,(H,15,17)(H,18,19)/b10-7+,11-9+. The Morgan fingerprint density at radius 2 is 1.87 bits per heavy atom. The average Bonchev–Trinajstić information content (AvgIpc) is 2.46. The third-order valence-electron chi connectivity index (χ3n) is 2.92. The lowest BCUT2D eigenvalue weighted by molar-refractivity contribution is -0.150. The first-order chi connectivity index (χ1) is 10.6. The number of carboxylic acid groups (broad SMARTS) is 1. The summed E-state index contributed by atoms with van der Waals surface area (Å²) >= 11 is 0. The van der Waals surface area contributed by atoms with Crippen LogP contribution in [0.25, 0.3) is 0 Å². The van der Waals surface area contributed by atoms with Crippen molar-refractivity contribution < 1.29 is 27.9 Å². The normalized spacial score (nSPS) is 13.6. The molecule has 0 aliphatic rings. The maximum Gasteiger partial charge on any atom is 0.395 e. The first-order valence-electron chi connectivity index (χ1n) is 6.72. The Bertz CT molecular complexity index is 609. The number of sulfonamides is 1. The number of carboxylic acids is 1. The molecule has 0 aromatic heterocycles. The number of carbonyl (C=O) groups excluding carboxylic acids is 1. The first-order valence-corrected chi connectivity index (χ1v) is 8.16. The van der Waals surface area contributed by atoms with Crippen molar-refractivity contribution in [2.45, 2.75) is 27.2 Å². The monoisotopic (exact) mass is 349 g/mol. The molecule has 0 fully saturated rings. The number of nitrogens with one attached hydrogen (secondary N) is 2. The summed E-state index contributed by atoms with van der Waals surface area (Å²) in [6.45, 7) is 4.79. The fraction of sp³-hybridized carbons (Fsp3) is 0.538. The highest BCUT2D eigenvalue weighted by Gasteiger charge is 2.24. The average molecular weight is 349 g/mol. The Labute approximate surface area is 136 Å². The van der Waals surface area contributed by atoms with Crippen LogP contribution >= 0.6 is 0 Å². The molecule has 1 amide bonds. The van der Waals surface area contributed by atoms with Crippen molar-refractivity contribution in [3.05, 3.63) is 22.3 Å². The highest BCUT2D eigenvalue weighted by molar-refractivity contribution is 7.93. The molecule has 0 rings (SSSR count). The zero-order chi connectivity index (χ0) is 18.2. The Kier molecular flexibility index (Phi) is 8.51. The van der Waals surface area contributed by atoms with Crippen LogP contribution in [0.3, 0.4) is 0 Å². The molecule has 10 heteroatoms. The molecule has 0 aromatic carbocycles. The molecule has 0 spiro atoms. The van der Waals surface area contributed by atoms with Gasteiger partial charge in [0.15, 0.2) is 0 Å². The summed E-state index contributed by atoms with van der Waals surface area (Å²) in [4.78, 5) is 21.4. The van der Waals surface area contributed by atoms with E-state index in [-0.39, 0.29) is 18.0 Å². The molecule has 23 heavy (non-hydrogen) atoms. The van der Waals surface area contributed by atoms with E-state index in [1.807, 2.05) is 5.43 Å². The van der Waals surface area contributed by atoms with Crippen molar-refractivity contribution in [1.29, 1.82) is 0 Å². The van der Waals surface area contributed by atoms with Gasteiger partial charge in [-0.15, -0.1) is 0 Å². The number of nitrogens with zero attached hydrogens (tertiary/aromatic N) is 1. The lowest BCUT2D eigenvalue weighted by Gasteiger charge is -2.20. The second-order valence-corrected chi connectivity index (χ2v) is 6.68. The molecule has 0 unspecified atom stereocenters. The molecule has 0 atom stereocenters. The number of aliphatic carboxylic acids is 1.